The topological polar surface area (TPSA) is 66.7 Å². The number of likely N-dealkylation sites (tertiary alicyclic amines) is 1. The zero-order chi connectivity index (χ0) is 17.9. The van der Waals surface area contributed by atoms with Crippen LogP contribution < -0.4 is 5.32 Å². The fraction of sp³-hybridized carbons (Fsp3) is 0.250. The molecule has 1 atom stereocenters. The summed E-state index contributed by atoms with van der Waals surface area (Å²) in [6.45, 7) is 2.93. The van der Waals surface area contributed by atoms with Gasteiger partial charge in [0.1, 0.15) is 0 Å². The first-order valence-electron chi connectivity index (χ1n) is 8.73. The largest absolute Gasteiger partial charge is 0.337 e. The smallest absolute Gasteiger partial charge is 0.257 e. The third-order valence-electron chi connectivity index (χ3n) is 5.65. The van der Waals surface area contributed by atoms with Crippen LogP contribution in [0.3, 0.4) is 0 Å². The molecule has 26 heavy (non-hydrogen) atoms. The lowest BCUT2D eigenvalue weighted by Crippen LogP contribution is -2.39. The molecule has 0 bridgehead atoms. The van der Waals surface area contributed by atoms with E-state index in [0.29, 0.717) is 25.1 Å². The van der Waals surface area contributed by atoms with E-state index in [1.807, 2.05) is 49.5 Å². The second-order valence-electron chi connectivity index (χ2n) is 7.10. The Morgan fingerprint density at radius 2 is 2.08 bits per heavy atom. The van der Waals surface area contributed by atoms with Crippen molar-refractivity contribution < 1.29 is 9.59 Å². The lowest BCUT2D eigenvalue weighted by molar-refractivity contribution is -0.120. The minimum atomic E-state index is -0.635. The van der Waals surface area contributed by atoms with Gasteiger partial charge < -0.3 is 10.2 Å². The van der Waals surface area contributed by atoms with Crippen molar-refractivity contribution in [1.29, 1.82) is 0 Å². The Labute approximate surface area is 150 Å². The SMILES string of the molecule is Cc1cccn2ncc(C(=O)N3CCC4(C3)C(=O)Nc3ccccc34)c12. The number of fused-ring (bicyclic) bond motifs is 3. The average Bonchev–Trinajstić information content (AvgIpc) is 3.34. The predicted molar refractivity (Wildman–Crippen MR) is 97.2 cm³/mol. The summed E-state index contributed by atoms with van der Waals surface area (Å²) < 4.78 is 1.73. The monoisotopic (exact) mass is 346 g/mol. The third kappa shape index (κ3) is 1.89. The van der Waals surface area contributed by atoms with Gasteiger partial charge in [-0.25, -0.2) is 4.52 Å². The van der Waals surface area contributed by atoms with E-state index < -0.39 is 5.41 Å². The molecular formula is C20H18N4O2. The van der Waals surface area contributed by atoms with Gasteiger partial charge in [-0.3, -0.25) is 9.59 Å². The molecular weight excluding hydrogens is 328 g/mol. The van der Waals surface area contributed by atoms with Crippen molar-refractivity contribution >= 4 is 23.0 Å². The van der Waals surface area contributed by atoms with Gasteiger partial charge in [0.25, 0.3) is 5.91 Å². The second kappa shape index (κ2) is 5.17. The van der Waals surface area contributed by atoms with E-state index in [2.05, 4.69) is 10.4 Å². The molecule has 2 aromatic heterocycles. The number of hydrogen-bond donors (Lipinski definition) is 1. The number of para-hydroxylation sites is 1. The summed E-state index contributed by atoms with van der Waals surface area (Å²) in [6.07, 6.45) is 4.10. The summed E-state index contributed by atoms with van der Waals surface area (Å²) in [5, 5.41) is 7.27. The van der Waals surface area contributed by atoms with E-state index in [1.165, 1.54) is 0 Å². The molecule has 2 aliphatic rings. The highest BCUT2D eigenvalue weighted by atomic mass is 16.2. The quantitative estimate of drug-likeness (QED) is 0.736. The van der Waals surface area contributed by atoms with Crippen LogP contribution in [-0.2, 0) is 10.2 Å². The van der Waals surface area contributed by atoms with Crippen molar-refractivity contribution in [3.05, 3.63) is 65.5 Å². The molecule has 1 aromatic carbocycles. The number of aromatic nitrogens is 2. The molecule has 2 aliphatic heterocycles. The van der Waals surface area contributed by atoms with E-state index in [1.54, 1.807) is 15.6 Å². The zero-order valence-electron chi connectivity index (χ0n) is 14.4. The molecule has 130 valence electrons. The van der Waals surface area contributed by atoms with E-state index in [-0.39, 0.29) is 11.8 Å². The highest BCUT2D eigenvalue weighted by Gasteiger charge is 2.52. The highest BCUT2D eigenvalue weighted by Crippen LogP contribution is 2.44. The molecule has 0 saturated carbocycles. The van der Waals surface area contributed by atoms with Crippen LogP contribution in [-0.4, -0.2) is 39.4 Å². The number of aryl methyl sites for hydroxylation is 1. The van der Waals surface area contributed by atoms with Crippen molar-refractivity contribution in [2.75, 3.05) is 18.4 Å². The molecule has 0 aliphatic carbocycles. The highest BCUT2D eigenvalue weighted by molar-refractivity contribution is 6.08. The van der Waals surface area contributed by atoms with E-state index in [4.69, 9.17) is 0 Å². The first-order chi connectivity index (χ1) is 12.6. The summed E-state index contributed by atoms with van der Waals surface area (Å²) in [6, 6.07) is 11.6. The van der Waals surface area contributed by atoms with E-state index in [9.17, 15) is 9.59 Å². The summed E-state index contributed by atoms with van der Waals surface area (Å²) in [5.41, 5.74) is 3.65. The number of rotatable bonds is 1. The Kier molecular flexibility index (Phi) is 3.01. The van der Waals surface area contributed by atoms with Gasteiger partial charge in [-0.2, -0.15) is 5.10 Å². The van der Waals surface area contributed by atoms with Crippen molar-refractivity contribution in [3.8, 4) is 0 Å². The third-order valence-corrected chi connectivity index (χ3v) is 5.65. The summed E-state index contributed by atoms with van der Waals surface area (Å²) >= 11 is 0. The average molecular weight is 346 g/mol. The molecule has 1 fully saturated rings. The number of nitrogens with zero attached hydrogens (tertiary/aromatic N) is 3. The fourth-order valence-corrected chi connectivity index (χ4v) is 4.30. The molecule has 5 rings (SSSR count). The van der Waals surface area contributed by atoms with Crippen molar-refractivity contribution in [2.45, 2.75) is 18.8 Å². The molecule has 2 amide bonds. The first kappa shape index (κ1) is 15.1. The Bertz CT molecular complexity index is 1070. The van der Waals surface area contributed by atoms with Gasteiger partial charge in [-0.05, 0) is 36.6 Å². The van der Waals surface area contributed by atoms with Crippen molar-refractivity contribution in [1.82, 2.24) is 14.5 Å². The van der Waals surface area contributed by atoms with Crippen LogP contribution in [0, 0.1) is 6.92 Å². The van der Waals surface area contributed by atoms with Crippen LogP contribution in [0.4, 0.5) is 5.69 Å². The maximum absolute atomic E-state index is 13.2. The van der Waals surface area contributed by atoms with Gasteiger partial charge in [-0.15, -0.1) is 0 Å². The number of hydrogen-bond acceptors (Lipinski definition) is 3. The van der Waals surface area contributed by atoms with Crippen molar-refractivity contribution in [2.24, 2.45) is 0 Å². The Hall–Kier alpha value is -3.15. The van der Waals surface area contributed by atoms with Crippen LogP contribution in [0.25, 0.3) is 5.52 Å². The Balaban J connectivity index is 1.52. The first-order valence-corrected chi connectivity index (χ1v) is 8.73. The Morgan fingerprint density at radius 3 is 2.96 bits per heavy atom. The van der Waals surface area contributed by atoms with Crippen molar-refractivity contribution in [3.63, 3.8) is 0 Å². The second-order valence-corrected chi connectivity index (χ2v) is 7.10. The van der Waals surface area contributed by atoms with Crippen LogP contribution in [0.2, 0.25) is 0 Å². The standard InChI is InChI=1S/C20H18N4O2/c1-13-5-4-9-24-17(13)14(11-21-24)18(25)23-10-8-20(12-23)15-6-2-3-7-16(15)22-19(20)26/h2-7,9,11H,8,10,12H2,1H3,(H,22,26). The fourth-order valence-electron chi connectivity index (χ4n) is 4.30. The lowest BCUT2D eigenvalue weighted by atomic mass is 9.81. The van der Waals surface area contributed by atoms with Gasteiger partial charge >= 0.3 is 0 Å². The molecule has 1 spiro atoms. The van der Waals surface area contributed by atoms with Gasteiger partial charge in [0.15, 0.2) is 0 Å². The normalized spacial score (nSPS) is 21.4. The number of carbonyl (C=O) groups excluding carboxylic acids is 2. The van der Waals surface area contributed by atoms with Crippen LogP contribution in [0.5, 0.6) is 0 Å². The predicted octanol–water partition coefficient (Wildman–Crippen LogP) is 2.38. The Morgan fingerprint density at radius 1 is 1.23 bits per heavy atom. The molecule has 1 N–H and O–H groups in total. The zero-order valence-corrected chi connectivity index (χ0v) is 14.4. The molecule has 0 radical (unpaired) electrons. The molecule has 1 unspecified atom stereocenters. The summed E-state index contributed by atoms with van der Waals surface area (Å²) in [4.78, 5) is 27.7. The maximum Gasteiger partial charge on any atom is 0.257 e. The van der Waals surface area contributed by atoms with E-state index >= 15 is 0 Å². The van der Waals surface area contributed by atoms with Gasteiger partial charge in [-0.1, -0.05) is 24.3 Å². The summed E-state index contributed by atoms with van der Waals surface area (Å²) in [7, 11) is 0. The molecule has 6 heteroatoms. The number of pyridine rings is 1. The summed E-state index contributed by atoms with van der Waals surface area (Å²) in [5.74, 6) is -0.0756. The van der Waals surface area contributed by atoms with Gasteiger partial charge in [0.05, 0.1) is 22.7 Å². The molecule has 6 nitrogen and oxygen atoms in total. The minimum absolute atomic E-state index is 0.00922. The number of nitrogens with one attached hydrogen (secondary N) is 1. The van der Waals surface area contributed by atoms with Crippen LogP contribution in [0.15, 0.2) is 48.8 Å². The molecule has 4 heterocycles. The van der Waals surface area contributed by atoms with E-state index in [0.717, 1.165) is 22.3 Å². The maximum atomic E-state index is 13.2. The number of amides is 2. The molecule has 1 saturated heterocycles. The van der Waals surface area contributed by atoms with Crippen LogP contribution >= 0.6 is 0 Å². The van der Waals surface area contributed by atoms with Gasteiger partial charge in [0.2, 0.25) is 5.91 Å². The van der Waals surface area contributed by atoms with Crippen LogP contribution in [0.1, 0.15) is 27.9 Å². The number of benzene rings is 1. The number of carbonyl (C=O) groups is 2. The van der Waals surface area contributed by atoms with Gasteiger partial charge in [0, 0.05) is 25.0 Å². The molecule has 3 aromatic rings. The minimum Gasteiger partial charge on any atom is -0.337 e. The number of anilines is 1. The lowest BCUT2D eigenvalue weighted by Gasteiger charge is -2.22.